The van der Waals surface area contributed by atoms with Crippen LogP contribution >= 0.6 is 23.4 Å². The number of nitrogens with one attached hydrogen (secondary N) is 1. The first-order valence-electron chi connectivity index (χ1n) is 11.4. The van der Waals surface area contributed by atoms with Crippen LogP contribution in [0.4, 0.5) is 0 Å². The van der Waals surface area contributed by atoms with E-state index in [1.165, 1.54) is 4.90 Å². The van der Waals surface area contributed by atoms with Gasteiger partial charge in [-0.2, -0.15) is 23.0 Å². The summed E-state index contributed by atoms with van der Waals surface area (Å²) in [7, 11) is 0. The van der Waals surface area contributed by atoms with Crippen molar-refractivity contribution in [2.45, 2.75) is 45.4 Å². The minimum absolute atomic E-state index is 0. The molecule has 3 nitrogen and oxygen atoms in total. The van der Waals surface area contributed by atoms with Crippen molar-refractivity contribution in [3.8, 4) is 17.2 Å². The number of aryl methyl sites for hydroxylation is 1. The van der Waals surface area contributed by atoms with E-state index >= 15 is 0 Å². The molecular weight excluding hydrogens is 684 g/mol. The monoisotopic (exact) mass is 712 g/mol. The Morgan fingerprint density at radius 2 is 1.79 bits per heavy atom. The van der Waals surface area contributed by atoms with Gasteiger partial charge in [-0.3, -0.25) is 0 Å². The van der Waals surface area contributed by atoms with Crippen LogP contribution in [-0.4, -0.2) is 15.7 Å². The molecular formula is C28H29ClN3SU-. The SMILES string of the molecule is CC.CCCc1c(-c2ccccc2C#N)c(Cl)cc2[nH]c([CH-]c3ccc(SCC)cc3)nc12.[U]. The fourth-order valence-electron chi connectivity index (χ4n) is 3.84. The standard InChI is InChI=1S/C26H23ClN3S.C2H6.U/c1-3-7-21-25(20-9-6-5-8-18(20)16-28)22(27)15-23-26(21)30-24(29-23)14-17-10-12-19(13-11-17)31-4-2;1-2;/h5-6,8-15H,3-4,7H2,1-2H3,(H,29,30);1-2H3;/q-1;;. The number of fused-ring (bicyclic) bond motifs is 1. The molecule has 1 heterocycles. The Hall–Kier alpha value is -1.82. The van der Waals surface area contributed by atoms with Crippen LogP contribution in [-0.2, 0) is 6.42 Å². The van der Waals surface area contributed by atoms with Crippen molar-refractivity contribution in [2.24, 2.45) is 0 Å². The van der Waals surface area contributed by atoms with Gasteiger partial charge in [0.25, 0.3) is 0 Å². The van der Waals surface area contributed by atoms with Gasteiger partial charge in [-0.1, -0.05) is 63.9 Å². The Morgan fingerprint density at radius 3 is 2.44 bits per heavy atom. The molecule has 1 N–H and O–H groups in total. The molecule has 0 bridgehead atoms. The van der Waals surface area contributed by atoms with Gasteiger partial charge >= 0.3 is 0 Å². The van der Waals surface area contributed by atoms with Gasteiger partial charge < -0.3 is 4.98 Å². The van der Waals surface area contributed by atoms with E-state index in [4.69, 9.17) is 16.6 Å². The van der Waals surface area contributed by atoms with E-state index < -0.39 is 0 Å². The quantitative estimate of drug-likeness (QED) is 0.155. The zero-order chi connectivity index (χ0) is 23.8. The Morgan fingerprint density at radius 1 is 1.09 bits per heavy atom. The number of nitriles is 1. The van der Waals surface area contributed by atoms with Gasteiger partial charge in [-0.05, 0) is 34.8 Å². The summed E-state index contributed by atoms with van der Waals surface area (Å²) in [6.07, 6.45) is 3.84. The van der Waals surface area contributed by atoms with Gasteiger partial charge in [-0.25, -0.2) is 4.98 Å². The molecule has 34 heavy (non-hydrogen) atoms. The molecule has 0 spiro atoms. The van der Waals surface area contributed by atoms with Crippen molar-refractivity contribution in [3.63, 3.8) is 0 Å². The molecule has 0 fully saturated rings. The molecule has 4 rings (SSSR count). The molecule has 0 radical (unpaired) electrons. The van der Waals surface area contributed by atoms with Gasteiger partial charge in [0, 0.05) is 42.2 Å². The molecule has 4 aromatic rings. The zero-order valence-electron chi connectivity index (χ0n) is 20.1. The van der Waals surface area contributed by atoms with Gasteiger partial charge in [0.2, 0.25) is 0 Å². The number of hydrogen-bond donors (Lipinski definition) is 1. The predicted molar refractivity (Wildman–Crippen MR) is 142 cm³/mol. The minimum Gasteiger partial charge on any atom is -0.349 e. The smallest absolute Gasteiger partial charge is 0.0998 e. The molecule has 1 aromatic heterocycles. The van der Waals surface area contributed by atoms with Crippen LogP contribution in [0.3, 0.4) is 0 Å². The van der Waals surface area contributed by atoms with Crippen LogP contribution in [0.15, 0.2) is 59.5 Å². The summed E-state index contributed by atoms with van der Waals surface area (Å²) >= 11 is 8.59. The summed E-state index contributed by atoms with van der Waals surface area (Å²) in [5, 5.41) is 10.2. The van der Waals surface area contributed by atoms with E-state index in [0.29, 0.717) is 10.6 Å². The normalized spacial score (nSPS) is 10.1. The van der Waals surface area contributed by atoms with Crippen LogP contribution in [0.25, 0.3) is 22.2 Å². The summed E-state index contributed by atoms with van der Waals surface area (Å²) in [6, 6.07) is 20.3. The maximum absolute atomic E-state index is 9.60. The van der Waals surface area contributed by atoms with Crippen LogP contribution in [0.5, 0.6) is 0 Å². The third-order valence-corrected chi connectivity index (χ3v) is 6.35. The maximum Gasteiger partial charge on any atom is 0.0998 e. The average Bonchev–Trinajstić information content (AvgIpc) is 3.24. The second-order valence-electron chi connectivity index (χ2n) is 7.28. The molecule has 0 unspecified atom stereocenters. The summed E-state index contributed by atoms with van der Waals surface area (Å²) < 4.78 is 0. The van der Waals surface area contributed by atoms with E-state index in [-0.39, 0.29) is 31.1 Å². The van der Waals surface area contributed by atoms with Crippen LogP contribution in [0.1, 0.15) is 56.6 Å². The third-order valence-electron chi connectivity index (χ3n) is 5.16. The van der Waals surface area contributed by atoms with Crippen LogP contribution < -0.4 is 0 Å². The van der Waals surface area contributed by atoms with E-state index in [0.717, 1.165) is 57.7 Å². The van der Waals surface area contributed by atoms with Crippen molar-refractivity contribution in [3.05, 3.63) is 88.6 Å². The van der Waals surface area contributed by atoms with Gasteiger partial charge in [0.15, 0.2) is 0 Å². The molecule has 0 atom stereocenters. The topological polar surface area (TPSA) is 52.5 Å². The fraction of sp³-hybridized carbons (Fsp3) is 0.250. The summed E-state index contributed by atoms with van der Waals surface area (Å²) in [6.45, 7) is 8.30. The van der Waals surface area contributed by atoms with Crippen molar-refractivity contribution in [1.29, 1.82) is 5.26 Å². The van der Waals surface area contributed by atoms with Crippen LogP contribution in [0.2, 0.25) is 5.02 Å². The molecule has 0 aliphatic heterocycles. The van der Waals surface area contributed by atoms with Crippen molar-refractivity contribution in [2.75, 3.05) is 5.75 Å². The number of aromatic amines is 1. The molecule has 0 aliphatic rings. The van der Waals surface area contributed by atoms with Crippen molar-refractivity contribution >= 4 is 34.4 Å². The number of hydrogen-bond acceptors (Lipinski definition) is 3. The number of halogens is 1. The Labute approximate surface area is 236 Å². The van der Waals surface area contributed by atoms with E-state index in [2.05, 4.69) is 49.2 Å². The largest absolute Gasteiger partial charge is 0.349 e. The summed E-state index contributed by atoms with van der Waals surface area (Å²) in [5.41, 5.74) is 6.39. The van der Waals surface area contributed by atoms with Crippen molar-refractivity contribution < 1.29 is 31.1 Å². The first-order valence-corrected chi connectivity index (χ1v) is 12.8. The van der Waals surface area contributed by atoms with E-state index in [1.807, 2.05) is 62.4 Å². The molecule has 6 heteroatoms. The molecule has 174 valence electrons. The molecule has 3 aromatic carbocycles. The van der Waals surface area contributed by atoms with Gasteiger partial charge in [0.1, 0.15) is 0 Å². The van der Waals surface area contributed by atoms with Gasteiger partial charge in [0.05, 0.1) is 33.5 Å². The predicted octanol–water partition coefficient (Wildman–Crippen LogP) is 8.45. The first-order chi connectivity index (χ1) is 16.1. The second-order valence-corrected chi connectivity index (χ2v) is 9.03. The number of H-pyrrole nitrogens is 1. The summed E-state index contributed by atoms with van der Waals surface area (Å²) in [4.78, 5) is 9.59. The summed E-state index contributed by atoms with van der Waals surface area (Å²) in [5.74, 6) is 1.86. The molecule has 0 saturated carbocycles. The Balaban J connectivity index is 0.00000133. The number of rotatable bonds is 7. The van der Waals surface area contributed by atoms with Crippen molar-refractivity contribution in [1.82, 2.24) is 9.97 Å². The average molecular weight is 713 g/mol. The van der Waals surface area contributed by atoms with E-state index in [1.54, 1.807) is 0 Å². The number of thioether (sulfide) groups is 1. The third kappa shape index (κ3) is 6.44. The number of benzene rings is 3. The molecule has 0 aliphatic carbocycles. The second kappa shape index (κ2) is 13.9. The van der Waals surface area contributed by atoms with Crippen LogP contribution in [0, 0.1) is 48.9 Å². The fourth-order valence-corrected chi connectivity index (χ4v) is 4.82. The molecule has 0 saturated heterocycles. The van der Waals surface area contributed by atoms with E-state index in [9.17, 15) is 5.26 Å². The number of nitrogens with zero attached hydrogens (tertiary/aromatic N) is 2. The molecule has 0 amide bonds. The Bertz CT molecular complexity index is 1260. The number of imidazole rings is 1. The zero-order valence-corrected chi connectivity index (χ0v) is 25.8. The minimum atomic E-state index is 0. The maximum atomic E-state index is 9.60. The Kier molecular flexibility index (Phi) is 11.6. The van der Waals surface area contributed by atoms with Gasteiger partial charge in [-0.15, -0.1) is 30.3 Å². The first kappa shape index (κ1) is 28.4. The number of aromatic nitrogens is 2.